The molecule has 0 bridgehead atoms. The molecule has 35 heavy (non-hydrogen) atoms. The van der Waals surface area contributed by atoms with Crippen molar-refractivity contribution in [2.75, 3.05) is 19.5 Å². The number of para-hydroxylation sites is 1. The maximum Gasteiger partial charge on any atom is 0.259 e. The predicted molar refractivity (Wildman–Crippen MR) is 142 cm³/mol. The molecule has 1 amide bonds. The van der Waals surface area contributed by atoms with Crippen LogP contribution in [0.4, 0.5) is 10.7 Å². The molecule has 0 aliphatic heterocycles. The number of carbonyl (C=O) groups is 1. The summed E-state index contributed by atoms with van der Waals surface area (Å²) in [5.41, 5.74) is 3.41. The first-order valence-corrected chi connectivity index (χ1v) is 12.5. The molecule has 7 heteroatoms. The average Bonchev–Trinajstić information content (AvgIpc) is 3.21. The molecule has 0 spiro atoms. The van der Waals surface area contributed by atoms with E-state index in [-0.39, 0.29) is 17.1 Å². The van der Waals surface area contributed by atoms with Crippen molar-refractivity contribution < 1.29 is 19.4 Å². The highest BCUT2D eigenvalue weighted by Crippen LogP contribution is 2.45. The molecule has 2 N–H and O–H groups in total. The Hall–Kier alpha value is -3.32. The van der Waals surface area contributed by atoms with Gasteiger partial charge in [-0.05, 0) is 60.4 Å². The Labute approximate surface area is 210 Å². The van der Waals surface area contributed by atoms with Crippen molar-refractivity contribution in [1.82, 2.24) is 0 Å². The topological polar surface area (TPSA) is 80.2 Å². The number of ether oxygens (including phenoxy) is 2. The van der Waals surface area contributed by atoms with E-state index < -0.39 is 0 Å². The number of rotatable bonds is 6. The van der Waals surface area contributed by atoms with E-state index in [1.807, 2.05) is 30.3 Å². The molecule has 0 radical (unpaired) electrons. The summed E-state index contributed by atoms with van der Waals surface area (Å²) in [6.45, 7) is 6.85. The van der Waals surface area contributed by atoms with E-state index in [0.717, 1.165) is 30.5 Å². The van der Waals surface area contributed by atoms with E-state index in [2.05, 4.69) is 26.1 Å². The third-order valence-electron chi connectivity index (χ3n) is 6.56. The second-order valence-corrected chi connectivity index (χ2v) is 10.9. The number of benzene rings is 2. The number of nitrogens with zero attached hydrogens (tertiary/aromatic N) is 1. The molecule has 4 rings (SSSR count). The number of thiophene rings is 1. The van der Waals surface area contributed by atoms with Crippen LogP contribution in [0.2, 0.25) is 0 Å². The molecule has 0 saturated carbocycles. The lowest BCUT2D eigenvalue weighted by atomic mass is 9.72. The van der Waals surface area contributed by atoms with Crippen LogP contribution in [0.15, 0.2) is 47.5 Å². The summed E-state index contributed by atoms with van der Waals surface area (Å²) >= 11 is 1.59. The molecule has 3 aromatic rings. The van der Waals surface area contributed by atoms with Crippen molar-refractivity contribution in [3.8, 4) is 17.2 Å². The summed E-state index contributed by atoms with van der Waals surface area (Å²) in [6, 6.07) is 12.9. The molecule has 1 atom stereocenters. The number of phenolic OH excluding ortho intramolecular Hbond substituents is 1. The molecule has 1 aromatic heterocycles. The van der Waals surface area contributed by atoms with Crippen LogP contribution < -0.4 is 14.8 Å². The molecule has 2 aromatic carbocycles. The number of aliphatic imine (C=N–C) groups is 1. The monoisotopic (exact) mass is 492 g/mol. The van der Waals surface area contributed by atoms with E-state index >= 15 is 0 Å². The Morgan fingerprint density at radius 2 is 1.80 bits per heavy atom. The van der Waals surface area contributed by atoms with Crippen molar-refractivity contribution in [2.24, 2.45) is 16.3 Å². The fraction of sp³-hybridized carbons (Fsp3) is 0.357. The quantitative estimate of drug-likeness (QED) is 0.379. The van der Waals surface area contributed by atoms with Crippen molar-refractivity contribution in [3.05, 3.63) is 64.0 Å². The molecule has 0 unspecified atom stereocenters. The van der Waals surface area contributed by atoms with Gasteiger partial charge in [0.1, 0.15) is 5.00 Å². The Balaban J connectivity index is 1.73. The standard InChI is InChI=1S/C28H32N2O4S/c1-28(2,3)18-11-12-20-23(15-18)35-27(24(20)26(32)30-19-9-7-6-8-10-19)29-16-17-13-21(33-4)25(31)22(14-17)34-5/h6-10,13-14,16,18,31H,11-12,15H2,1-5H3,(H,30,32)/t18-/m1/s1. The first-order chi connectivity index (χ1) is 16.7. The van der Waals surface area contributed by atoms with Gasteiger partial charge < -0.3 is 19.9 Å². The van der Waals surface area contributed by atoms with Crippen molar-refractivity contribution in [3.63, 3.8) is 0 Å². The minimum absolute atomic E-state index is 0.0603. The highest BCUT2D eigenvalue weighted by atomic mass is 32.1. The van der Waals surface area contributed by atoms with Crippen molar-refractivity contribution in [2.45, 2.75) is 40.0 Å². The van der Waals surface area contributed by atoms with Gasteiger partial charge in [0.15, 0.2) is 11.5 Å². The van der Waals surface area contributed by atoms with E-state index in [1.54, 1.807) is 29.7 Å². The number of anilines is 1. The maximum atomic E-state index is 13.5. The van der Waals surface area contributed by atoms with Gasteiger partial charge in [-0.2, -0.15) is 0 Å². The van der Waals surface area contributed by atoms with Gasteiger partial charge in [-0.15, -0.1) is 11.3 Å². The summed E-state index contributed by atoms with van der Waals surface area (Å²) in [7, 11) is 2.97. The molecule has 0 saturated heterocycles. The van der Waals surface area contributed by atoms with Crippen LogP contribution in [0.25, 0.3) is 0 Å². The number of hydrogen-bond donors (Lipinski definition) is 2. The molecule has 1 heterocycles. The zero-order chi connectivity index (χ0) is 25.2. The lowest BCUT2D eigenvalue weighted by molar-refractivity contribution is 0.102. The van der Waals surface area contributed by atoms with Gasteiger partial charge in [-0.1, -0.05) is 39.0 Å². The molecular weight excluding hydrogens is 460 g/mol. The van der Waals surface area contributed by atoms with Crippen LogP contribution in [0.1, 0.15) is 53.6 Å². The Bertz CT molecular complexity index is 1220. The Morgan fingerprint density at radius 3 is 2.40 bits per heavy atom. The minimum Gasteiger partial charge on any atom is -0.502 e. The smallest absolute Gasteiger partial charge is 0.259 e. The SMILES string of the molecule is COc1cc(C=Nc2sc3c(c2C(=O)Nc2ccccc2)CC[C@@H](C(C)(C)C)C3)cc(OC)c1O. The Kier molecular flexibility index (Phi) is 7.17. The van der Waals surface area contributed by atoms with Gasteiger partial charge in [0.25, 0.3) is 5.91 Å². The summed E-state index contributed by atoms with van der Waals surface area (Å²) < 4.78 is 10.5. The molecule has 1 aliphatic carbocycles. The summed E-state index contributed by atoms with van der Waals surface area (Å²) in [5.74, 6) is 0.949. The molecule has 6 nitrogen and oxygen atoms in total. The first kappa shape index (κ1) is 24.8. The molecule has 1 aliphatic rings. The van der Waals surface area contributed by atoms with Gasteiger partial charge in [-0.3, -0.25) is 4.79 Å². The number of carbonyl (C=O) groups excluding carboxylic acids is 1. The van der Waals surface area contributed by atoms with Crippen LogP contribution in [-0.4, -0.2) is 31.4 Å². The third-order valence-corrected chi connectivity index (χ3v) is 7.73. The van der Waals surface area contributed by atoms with Crippen LogP contribution in [0, 0.1) is 11.3 Å². The number of aromatic hydroxyl groups is 1. The van der Waals surface area contributed by atoms with Crippen molar-refractivity contribution in [1.29, 1.82) is 0 Å². The van der Waals surface area contributed by atoms with Crippen LogP contribution >= 0.6 is 11.3 Å². The van der Waals surface area contributed by atoms with Gasteiger partial charge >= 0.3 is 0 Å². The molecule has 0 fully saturated rings. The average molecular weight is 493 g/mol. The lowest BCUT2D eigenvalue weighted by Crippen LogP contribution is -2.27. The van der Waals surface area contributed by atoms with Crippen LogP contribution in [0.5, 0.6) is 17.2 Å². The predicted octanol–water partition coefficient (Wildman–Crippen LogP) is 6.62. The zero-order valence-corrected chi connectivity index (χ0v) is 21.7. The van der Waals surface area contributed by atoms with Gasteiger partial charge in [-0.25, -0.2) is 4.99 Å². The number of nitrogens with one attached hydrogen (secondary N) is 1. The maximum absolute atomic E-state index is 13.5. The highest BCUT2D eigenvalue weighted by Gasteiger charge is 2.33. The second kappa shape index (κ2) is 10.1. The fourth-order valence-corrected chi connectivity index (χ4v) is 5.74. The number of methoxy groups -OCH3 is 2. The van der Waals surface area contributed by atoms with E-state index in [0.29, 0.717) is 33.5 Å². The zero-order valence-electron chi connectivity index (χ0n) is 20.8. The van der Waals surface area contributed by atoms with Crippen molar-refractivity contribution >= 4 is 34.1 Å². The highest BCUT2D eigenvalue weighted by molar-refractivity contribution is 7.16. The lowest BCUT2D eigenvalue weighted by Gasteiger charge is -2.33. The second-order valence-electron chi connectivity index (χ2n) is 9.84. The first-order valence-electron chi connectivity index (χ1n) is 11.7. The Morgan fingerprint density at radius 1 is 1.14 bits per heavy atom. The minimum atomic E-state index is -0.143. The number of amides is 1. The summed E-state index contributed by atoms with van der Waals surface area (Å²) in [4.78, 5) is 19.4. The van der Waals surface area contributed by atoms with Gasteiger partial charge in [0.2, 0.25) is 5.75 Å². The van der Waals surface area contributed by atoms with Crippen LogP contribution in [-0.2, 0) is 12.8 Å². The van der Waals surface area contributed by atoms with Gasteiger partial charge in [0, 0.05) is 22.3 Å². The normalized spacial score (nSPS) is 15.6. The fourth-order valence-electron chi connectivity index (χ4n) is 4.47. The van der Waals surface area contributed by atoms with E-state index in [4.69, 9.17) is 14.5 Å². The molecule has 184 valence electrons. The largest absolute Gasteiger partial charge is 0.502 e. The molecular formula is C28H32N2O4S. The van der Waals surface area contributed by atoms with E-state index in [9.17, 15) is 9.90 Å². The number of hydrogen-bond acceptors (Lipinski definition) is 6. The number of phenols is 1. The third kappa shape index (κ3) is 5.35. The van der Waals surface area contributed by atoms with Gasteiger partial charge in [0.05, 0.1) is 19.8 Å². The summed E-state index contributed by atoms with van der Waals surface area (Å²) in [6.07, 6.45) is 4.55. The van der Waals surface area contributed by atoms with Crippen LogP contribution in [0.3, 0.4) is 0 Å². The summed E-state index contributed by atoms with van der Waals surface area (Å²) in [5, 5.41) is 13.9. The van der Waals surface area contributed by atoms with E-state index in [1.165, 1.54) is 19.1 Å². The number of fused-ring (bicyclic) bond motifs is 1.